The molecule has 25 heavy (non-hydrogen) atoms. The molecule has 4 amide bonds. The molecule has 0 unspecified atom stereocenters. The summed E-state index contributed by atoms with van der Waals surface area (Å²) < 4.78 is 13.8. The van der Waals surface area contributed by atoms with Gasteiger partial charge in [-0.3, -0.25) is 14.9 Å². The quantitative estimate of drug-likeness (QED) is 0.660. The van der Waals surface area contributed by atoms with Crippen LogP contribution >= 0.6 is 11.6 Å². The van der Waals surface area contributed by atoms with E-state index in [2.05, 4.69) is 5.32 Å². The van der Waals surface area contributed by atoms with E-state index in [1.54, 1.807) is 19.1 Å². The monoisotopic (exact) mass is 358 g/mol. The second-order valence-electron chi connectivity index (χ2n) is 5.41. The third-order valence-electron chi connectivity index (χ3n) is 3.72. The van der Waals surface area contributed by atoms with Crippen LogP contribution in [0.15, 0.2) is 48.0 Å². The van der Waals surface area contributed by atoms with Gasteiger partial charge in [0.1, 0.15) is 11.4 Å². The zero-order valence-electron chi connectivity index (χ0n) is 13.0. The minimum atomic E-state index is -0.888. The number of nitrogens with zero attached hydrogens (tertiary/aromatic N) is 1. The number of carbonyl (C=O) groups is 3. The van der Waals surface area contributed by atoms with Crippen LogP contribution < -0.4 is 10.2 Å². The minimum absolute atomic E-state index is 0.0669. The van der Waals surface area contributed by atoms with E-state index in [4.69, 9.17) is 11.6 Å². The van der Waals surface area contributed by atoms with E-state index in [1.807, 2.05) is 0 Å². The third kappa shape index (κ3) is 3.16. The van der Waals surface area contributed by atoms with E-state index in [-0.39, 0.29) is 16.8 Å². The number of amides is 4. The smallest absolute Gasteiger partial charge is 0.273 e. The highest BCUT2D eigenvalue weighted by Crippen LogP contribution is 2.26. The van der Waals surface area contributed by atoms with Gasteiger partial charge in [-0.05, 0) is 36.8 Å². The highest BCUT2D eigenvalue weighted by molar-refractivity contribution is 6.39. The molecule has 2 aromatic carbocycles. The predicted octanol–water partition coefficient (Wildman–Crippen LogP) is 3.45. The standard InChI is InChI=1S/C18H12ClFN2O3/c1-10-6-7-12(9-14(10)19)22-17(24)13(16(23)21-18(22)25)8-11-4-2-3-5-15(11)20/h2-9H,1H3,(H,21,23,25)/b13-8-. The highest BCUT2D eigenvalue weighted by atomic mass is 35.5. The summed E-state index contributed by atoms with van der Waals surface area (Å²) in [6.45, 7) is 1.78. The molecule has 0 radical (unpaired) electrons. The molecule has 0 atom stereocenters. The van der Waals surface area contributed by atoms with Crippen LogP contribution in [-0.2, 0) is 9.59 Å². The van der Waals surface area contributed by atoms with Gasteiger partial charge >= 0.3 is 6.03 Å². The number of imide groups is 2. The summed E-state index contributed by atoms with van der Waals surface area (Å²) in [5.41, 5.74) is 0.706. The van der Waals surface area contributed by atoms with Gasteiger partial charge in [0.2, 0.25) is 0 Å². The SMILES string of the molecule is Cc1ccc(N2C(=O)NC(=O)/C(=C/c3ccccc3F)C2=O)cc1Cl. The molecule has 0 saturated carbocycles. The first-order valence-corrected chi connectivity index (χ1v) is 7.68. The summed E-state index contributed by atoms with van der Waals surface area (Å²) >= 11 is 6.04. The topological polar surface area (TPSA) is 66.5 Å². The molecule has 1 heterocycles. The van der Waals surface area contributed by atoms with Crippen molar-refractivity contribution in [3.63, 3.8) is 0 Å². The van der Waals surface area contributed by atoms with E-state index < -0.39 is 23.7 Å². The molecule has 1 N–H and O–H groups in total. The molecule has 3 rings (SSSR count). The Kier molecular flexibility index (Phi) is 4.37. The fraction of sp³-hybridized carbons (Fsp3) is 0.0556. The maximum atomic E-state index is 13.8. The molecule has 1 fully saturated rings. The van der Waals surface area contributed by atoms with Crippen molar-refractivity contribution >= 4 is 41.2 Å². The van der Waals surface area contributed by atoms with Crippen LogP contribution in [0.2, 0.25) is 5.02 Å². The molecule has 2 aromatic rings. The zero-order chi connectivity index (χ0) is 18.1. The number of carbonyl (C=O) groups excluding carboxylic acids is 3. The van der Waals surface area contributed by atoms with Crippen molar-refractivity contribution in [1.82, 2.24) is 5.32 Å². The first-order chi connectivity index (χ1) is 11.9. The average Bonchev–Trinajstić information content (AvgIpc) is 2.56. The van der Waals surface area contributed by atoms with Crippen molar-refractivity contribution in [2.24, 2.45) is 0 Å². The summed E-state index contributed by atoms with van der Waals surface area (Å²) in [5, 5.41) is 2.45. The number of aryl methyl sites for hydroxylation is 1. The summed E-state index contributed by atoms with van der Waals surface area (Å²) in [6, 6.07) is 9.44. The third-order valence-corrected chi connectivity index (χ3v) is 4.13. The molecule has 0 aliphatic carbocycles. The highest BCUT2D eigenvalue weighted by Gasteiger charge is 2.37. The Morgan fingerprint density at radius 2 is 1.84 bits per heavy atom. The van der Waals surface area contributed by atoms with Crippen molar-refractivity contribution in [2.75, 3.05) is 4.90 Å². The van der Waals surface area contributed by atoms with Gasteiger partial charge in [0, 0.05) is 10.6 Å². The van der Waals surface area contributed by atoms with E-state index in [0.717, 1.165) is 16.5 Å². The number of barbiturate groups is 1. The van der Waals surface area contributed by atoms with E-state index in [1.165, 1.54) is 30.3 Å². The Bertz CT molecular complexity index is 940. The minimum Gasteiger partial charge on any atom is -0.273 e. The van der Waals surface area contributed by atoms with Gasteiger partial charge in [0.25, 0.3) is 11.8 Å². The van der Waals surface area contributed by atoms with E-state index >= 15 is 0 Å². The molecule has 0 aromatic heterocycles. The molecule has 7 heteroatoms. The van der Waals surface area contributed by atoms with Gasteiger partial charge in [-0.15, -0.1) is 0 Å². The maximum absolute atomic E-state index is 13.8. The summed E-state index contributed by atoms with van der Waals surface area (Å²) in [6.07, 6.45) is 1.11. The first-order valence-electron chi connectivity index (χ1n) is 7.30. The van der Waals surface area contributed by atoms with E-state index in [0.29, 0.717) is 5.02 Å². The number of nitrogens with one attached hydrogen (secondary N) is 1. The van der Waals surface area contributed by atoms with Gasteiger partial charge in [-0.1, -0.05) is 35.9 Å². The lowest BCUT2D eigenvalue weighted by atomic mass is 10.1. The Morgan fingerprint density at radius 3 is 2.52 bits per heavy atom. The normalized spacial score (nSPS) is 16.4. The Morgan fingerprint density at radius 1 is 1.12 bits per heavy atom. The number of hydrogen-bond acceptors (Lipinski definition) is 3. The van der Waals surface area contributed by atoms with E-state index in [9.17, 15) is 18.8 Å². The van der Waals surface area contributed by atoms with Crippen LogP contribution in [0.25, 0.3) is 6.08 Å². The molecule has 5 nitrogen and oxygen atoms in total. The Hall–Kier alpha value is -2.99. The molecule has 0 spiro atoms. The number of hydrogen-bond donors (Lipinski definition) is 1. The molecular weight excluding hydrogens is 347 g/mol. The van der Waals surface area contributed by atoms with Crippen LogP contribution in [0.1, 0.15) is 11.1 Å². The number of benzene rings is 2. The summed E-state index contributed by atoms with van der Waals surface area (Å²) in [5.74, 6) is -2.32. The van der Waals surface area contributed by atoms with Crippen LogP contribution in [0.5, 0.6) is 0 Å². The molecular formula is C18H12ClFN2O3. The second-order valence-corrected chi connectivity index (χ2v) is 5.82. The molecule has 1 saturated heterocycles. The summed E-state index contributed by atoms with van der Waals surface area (Å²) in [7, 11) is 0. The Balaban J connectivity index is 2.05. The number of halogens is 2. The zero-order valence-corrected chi connectivity index (χ0v) is 13.8. The van der Waals surface area contributed by atoms with Gasteiger partial charge < -0.3 is 0 Å². The lowest BCUT2D eigenvalue weighted by molar-refractivity contribution is -0.122. The van der Waals surface area contributed by atoms with Gasteiger partial charge in [-0.2, -0.15) is 0 Å². The van der Waals surface area contributed by atoms with Crippen LogP contribution in [-0.4, -0.2) is 17.8 Å². The molecule has 1 aliphatic heterocycles. The number of rotatable bonds is 2. The lowest BCUT2D eigenvalue weighted by Crippen LogP contribution is -2.54. The van der Waals surface area contributed by atoms with Gasteiger partial charge in [0.05, 0.1) is 5.69 Å². The molecule has 126 valence electrons. The molecule has 0 bridgehead atoms. The predicted molar refractivity (Wildman–Crippen MR) is 91.6 cm³/mol. The fourth-order valence-corrected chi connectivity index (χ4v) is 2.54. The van der Waals surface area contributed by atoms with Gasteiger partial charge in [0.15, 0.2) is 0 Å². The van der Waals surface area contributed by atoms with Crippen LogP contribution in [0.3, 0.4) is 0 Å². The average molecular weight is 359 g/mol. The van der Waals surface area contributed by atoms with Crippen molar-refractivity contribution in [3.05, 3.63) is 70.0 Å². The number of anilines is 1. The Labute approximate surface area is 147 Å². The van der Waals surface area contributed by atoms with Crippen LogP contribution in [0.4, 0.5) is 14.9 Å². The van der Waals surface area contributed by atoms with Crippen LogP contribution in [0, 0.1) is 12.7 Å². The van der Waals surface area contributed by atoms with Crippen molar-refractivity contribution < 1.29 is 18.8 Å². The van der Waals surface area contributed by atoms with Crippen molar-refractivity contribution in [2.45, 2.75) is 6.92 Å². The largest absolute Gasteiger partial charge is 0.335 e. The summed E-state index contributed by atoms with van der Waals surface area (Å²) in [4.78, 5) is 37.6. The maximum Gasteiger partial charge on any atom is 0.335 e. The van der Waals surface area contributed by atoms with Gasteiger partial charge in [-0.25, -0.2) is 14.1 Å². The van der Waals surface area contributed by atoms with Crippen molar-refractivity contribution in [3.8, 4) is 0 Å². The molecule has 1 aliphatic rings. The lowest BCUT2D eigenvalue weighted by Gasteiger charge is -2.26. The first kappa shape index (κ1) is 16.9. The fourth-order valence-electron chi connectivity index (χ4n) is 2.36. The van der Waals surface area contributed by atoms with Crippen molar-refractivity contribution in [1.29, 1.82) is 0 Å². The second kappa shape index (κ2) is 6.49. The number of urea groups is 1.